The van der Waals surface area contributed by atoms with Crippen molar-refractivity contribution in [2.45, 2.75) is 13.5 Å². The van der Waals surface area contributed by atoms with Gasteiger partial charge < -0.3 is 5.32 Å². The zero-order valence-electron chi connectivity index (χ0n) is 15.7. The lowest BCUT2D eigenvalue weighted by molar-refractivity contribution is -0.384. The van der Waals surface area contributed by atoms with Crippen LogP contribution in [0.2, 0.25) is 5.02 Å². The van der Waals surface area contributed by atoms with Gasteiger partial charge in [0.15, 0.2) is 0 Å². The van der Waals surface area contributed by atoms with Crippen molar-refractivity contribution in [3.8, 4) is 0 Å². The highest BCUT2D eigenvalue weighted by atomic mass is 35.5. The molecule has 1 aliphatic heterocycles. The molecule has 1 amide bonds. The standard InChI is InChI=1S/C20H23ClN4O3/c1-15-3-2-4-16(11-15)13-23-7-9-24(10-8-23)14-20(26)22-19-6-5-17(25(27)28)12-18(19)21/h2-6,11-12H,7-10,13-14H2,1H3,(H,22,26). The van der Waals surface area contributed by atoms with E-state index in [-0.39, 0.29) is 23.2 Å². The molecule has 28 heavy (non-hydrogen) atoms. The lowest BCUT2D eigenvalue weighted by Crippen LogP contribution is -2.48. The maximum absolute atomic E-state index is 12.3. The monoisotopic (exact) mass is 402 g/mol. The SMILES string of the molecule is Cc1cccc(CN2CCN(CC(=O)Nc3ccc([N+](=O)[O-])cc3Cl)CC2)c1. The highest BCUT2D eigenvalue weighted by molar-refractivity contribution is 6.34. The molecule has 8 heteroatoms. The molecule has 0 bridgehead atoms. The summed E-state index contributed by atoms with van der Waals surface area (Å²) >= 11 is 6.03. The number of piperazine rings is 1. The number of rotatable bonds is 6. The van der Waals surface area contributed by atoms with Crippen LogP contribution in [0, 0.1) is 17.0 Å². The molecule has 3 rings (SSSR count). The van der Waals surface area contributed by atoms with Crippen molar-refractivity contribution in [3.63, 3.8) is 0 Å². The van der Waals surface area contributed by atoms with Crippen molar-refractivity contribution in [1.29, 1.82) is 0 Å². The molecule has 0 radical (unpaired) electrons. The Morgan fingerprint density at radius 1 is 1.14 bits per heavy atom. The first kappa shape index (κ1) is 20.3. The zero-order chi connectivity index (χ0) is 20.1. The van der Waals surface area contributed by atoms with Crippen LogP contribution in [0.25, 0.3) is 0 Å². The Morgan fingerprint density at radius 3 is 2.50 bits per heavy atom. The van der Waals surface area contributed by atoms with E-state index in [0.717, 1.165) is 32.7 Å². The number of halogens is 1. The summed E-state index contributed by atoms with van der Waals surface area (Å²) in [6.45, 7) is 6.71. The van der Waals surface area contributed by atoms with Crippen molar-refractivity contribution >= 4 is 28.9 Å². The largest absolute Gasteiger partial charge is 0.324 e. The molecule has 0 aliphatic carbocycles. The van der Waals surface area contributed by atoms with Crippen LogP contribution in [0.4, 0.5) is 11.4 Å². The number of hydrogen-bond donors (Lipinski definition) is 1. The Kier molecular flexibility index (Phi) is 6.61. The first-order valence-corrected chi connectivity index (χ1v) is 9.52. The van der Waals surface area contributed by atoms with E-state index in [1.807, 2.05) is 0 Å². The van der Waals surface area contributed by atoms with Gasteiger partial charge in [0.25, 0.3) is 5.69 Å². The van der Waals surface area contributed by atoms with E-state index < -0.39 is 4.92 Å². The number of nitrogens with one attached hydrogen (secondary N) is 1. The minimum absolute atomic E-state index is 0.104. The Bertz CT molecular complexity index is 866. The van der Waals surface area contributed by atoms with Crippen molar-refractivity contribution in [2.75, 3.05) is 38.0 Å². The fourth-order valence-electron chi connectivity index (χ4n) is 3.29. The predicted molar refractivity (Wildman–Crippen MR) is 110 cm³/mol. The number of anilines is 1. The van der Waals surface area contributed by atoms with Crippen molar-refractivity contribution in [3.05, 3.63) is 68.7 Å². The number of nitro groups is 1. The number of benzene rings is 2. The summed E-state index contributed by atoms with van der Waals surface area (Å²) < 4.78 is 0. The summed E-state index contributed by atoms with van der Waals surface area (Å²) in [6, 6.07) is 12.5. The van der Waals surface area contributed by atoms with Crippen molar-refractivity contribution < 1.29 is 9.72 Å². The summed E-state index contributed by atoms with van der Waals surface area (Å²) in [7, 11) is 0. The fraction of sp³-hybridized carbons (Fsp3) is 0.350. The topological polar surface area (TPSA) is 78.7 Å². The number of non-ortho nitro benzene ring substituents is 1. The van der Waals surface area contributed by atoms with Crippen LogP contribution < -0.4 is 5.32 Å². The van der Waals surface area contributed by atoms with Gasteiger partial charge in [0.1, 0.15) is 0 Å². The van der Waals surface area contributed by atoms with E-state index in [9.17, 15) is 14.9 Å². The third-order valence-corrected chi connectivity index (χ3v) is 5.07. The van der Waals surface area contributed by atoms with Crippen LogP contribution in [0.1, 0.15) is 11.1 Å². The summed E-state index contributed by atoms with van der Waals surface area (Å²) in [5.74, 6) is -0.178. The van der Waals surface area contributed by atoms with E-state index in [2.05, 4.69) is 46.3 Å². The molecule has 1 aliphatic rings. The van der Waals surface area contributed by atoms with Gasteiger partial charge in [-0.15, -0.1) is 0 Å². The van der Waals surface area contributed by atoms with Crippen LogP contribution in [0.15, 0.2) is 42.5 Å². The minimum atomic E-state index is -0.520. The molecule has 2 aromatic rings. The van der Waals surface area contributed by atoms with E-state index in [1.165, 1.54) is 29.3 Å². The van der Waals surface area contributed by atoms with E-state index in [1.54, 1.807) is 0 Å². The van der Waals surface area contributed by atoms with Gasteiger partial charge in [-0.1, -0.05) is 41.4 Å². The van der Waals surface area contributed by atoms with E-state index in [4.69, 9.17) is 11.6 Å². The Hall–Kier alpha value is -2.48. The number of carbonyl (C=O) groups excluding carboxylic acids is 1. The summed E-state index contributed by atoms with van der Waals surface area (Å²) in [6.07, 6.45) is 0. The molecule has 0 spiro atoms. The molecule has 0 saturated carbocycles. The maximum atomic E-state index is 12.3. The third kappa shape index (κ3) is 5.51. The fourth-order valence-corrected chi connectivity index (χ4v) is 3.51. The second-order valence-corrected chi connectivity index (χ2v) is 7.42. The lowest BCUT2D eigenvalue weighted by atomic mass is 10.1. The van der Waals surface area contributed by atoms with Crippen LogP contribution in [0.5, 0.6) is 0 Å². The highest BCUT2D eigenvalue weighted by Gasteiger charge is 2.20. The lowest BCUT2D eigenvalue weighted by Gasteiger charge is -2.34. The number of carbonyl (C=O) groups is 1. The molecule has 0 aromatic heterocycles. The smallest absolute Gasteiger partial charge is 0.271 e. The van der Waals surface area contributed by atoms with Crippen molar-refractivity contribution in [2.24, 2.45) is 0 Å². The number of aryl methyl sites for hydroxylation is 1. The third-order valence-electron chi connectivity index (χ3n) is 4.76. The molecule has 1 N–H and O–H groups in total. The molecule has 0 atom stereocenters. The Morgan fingerprint density at radius 2 is 1.86 bits per heavy atom. The van der Waals surface area contributed by atoms with Gasteiger partial charge in [0, 0.05) is 44.9 Å². The van der Waals surface area contributed by atoms with Gasteiger partial charge in [-0.25, -0.2) is 0 Å². The van der Waals surface area contributed by atoms with Crippen LogP contribution in [0.3, 0.4) is 0 Å². The first-order chi connectivity index (χ1) is 13.4. The van der Waals surface area contributed by atoms with Crippen LogP contribution >= 0.6 is 11.6 Å². The Balaban J connectivity index is 1.46. The summed E-state index contributed by atoms with van der Waals surface area (Å²) in [5, 5.41) is 13.6. The summed E-state index contributed by atoms with van der Waals surface area (Å²) in [4.78, 5) is 27.0. The second-order valence-electron chi connectivity index (χ2n) is 7.01. The van der Waals surface area contributed by atoms with Gasteiger partial charge in [-0.2, -0.15) is 0 Å². The predicted octanol–water partition coefficient (Wildman–Crippen LogP) is 3.31. The molecule has 2 aromatic carbocycles. The number of amides is 1. The summed E-state index contributed by atoms with van der Waals surface area (Å²) in [5.41, 5.74) is 2.85. The maximum Gasteiger partial charge on any atom is 0.271 e. The van der Waals surface area contributed by atoms with Gasteiger partial charge in [-0.3, -0.25) is 24.7 Å². The number of nitro benzene ring substituents is 1. The molecular weight excluding hydrogens is 380 g/mol. The molecular formula is C20H23ClN4O3. The number of hydrogen-bond acceptors (Lipinski definition) is 5. The molecule has 1 heterocycles. The van der Waals surface area contributed by atoms with E-state index in [0.29, 0.717) is 5.69 Å². The van der Waals surface area contributed by atoms with Gasteiger partial charge in [-0.05, 0) is 18.6 Å². The van der Waals surface area contributed by atoms with E-state index >= 15 is 0 Å². The molecule has 1 saturated heterocycles. The van der Waals surface area contributed by atoms with Crippen LogP contribution in [-0.4, -0.2) is 53.4 Å². The first-order valence-electron chi connectivity index (χ1n) is 9.15. The number of nitrogens with zero attached hydrogens (tertiary/aromatic N) is 3. The van der Waals surface area contributed by atoms with Crippen molar-refractivity contribution in [1.82, 2.24) is 9.80 Å². The average molecular weight is 403 g/mol. The van der Waals surface area contributed by atoms with Gasteiger partial charge >= 0.3 is 0 Å². The molecule has 0 unspecified atom stereocenters. The normalized spacial score (nSPS) is 15.4. The van der Waals surface area contributed by atoms with Crippen LogP contribution in [-0.2, 0) is 11.3 Å². The second kappa shape index (κ2) is 9.14. The highest BCUT2D eigenvalue weighted by Crippen LogP contribution is 2.26. The average Bonchev–Trinajstić information content (AvgIpc) is 2.65. The molecule has 148 valence electrons. The molecule has 7 nitrogen and oxygen atoms in total. The quantitative estimate of drug-likeness (QED) is 0.592. The minimum Gasteiger partial charge on any atom is -0.324 e. The zero-order valence-corrected chi connectivity index (χ0v) is 16.5. The van der Waals surface area contributed by atoms with Gasteiger partial charge in [0.05, 0.1) is 22.2 Å². The Labute approximate surface area is 169 Å². The molecule has 1 fully saturated rings. The van der Waals surface area contributed by atoms with Gasteiger partial charge in [0.2, 0.25) is 5.91 Å².